The van der Waals surface area contributed by atoms with E-state index in [1.165, 1.54) is 0 Å². The summed E-state index contributed by atoms with van der Waals surface area (Å²) < 4.78 is 11.6. The maximum absolute atomic E-state index is 10.1. The average molecular weight is 246 g/mol. The molecule has 100 valence electrons. The second-order valence-corrected chi connectivity index (χ2v) is 5.13. The molecule has 5 heteroatoms. The molecule has 17 heavy (non-hydrogen) atoms. The van der Waals surface area contributed by atoms with Gasteiger partial charge in [-0.3, -0.25) is 0 Å². The van der Waals surface area contributed by atoms with Crippen molar-refractivity contribution < 1.29 is 24.8 Å². The van der Waals surface area contributed by atoms with Crippen LogP contribution in [0.25, 0.3) is 0 Å². The van der Waals surface area contributed by atoms with Crippen molar-refractivity contribution in [1.29, 1.82) is 0 Å². The Balaban J connectivity index is 2.11. The molecule has 2 aliphatic rings. The van der Waals surface area contributed by atoms with Gasteiger partial charge in [-0.25, -0.2) is 0 Å². The van der Waals surface area contributed by atoms with Crippen molar-refractivity contribution in [2.75, 3.05) is 6.61 Å². The van der Waals surface area contributed by atoms with Crippen molar-refractivity contribution in [3.8, 4) is 0 Å². The molecule has 2 fully saturated rings. The van der Waals surface area contributed by atoms with Crippen LogP contribution in [-0.4, -0.2) is 52.1 Å². The summed E-state index contributed by atoms with van der Waals surface area (Å²) in [6.07, 6.45) is 1.20. The summed E-state index contributed by atoms with van der Waals surface area (Å²) in [6.45, 7) is 1.96. The molecule has 0 radical (unpaired) electrons. The molecular weight excluding hydrogens is 224 g/mol. The van der Waals surface area contributed by atoms with E-state index in [0.29, 0.717) is 19.3 Å². The van der Waals surface area contributed by atoms with Crippen LogP contribution < -0.4 is 0 Å². The Bertz CT molecular complexity index is 259. The highest BCUT2D eigenvalue weighted by Crippen LogP contribution is 2.40. The molecule has 2 aliphatic heterocycles. The van der Waals surface area contributed by atoms with Gasteiger partial charge in [0.15, 0.2) is 5.79 Å². The summed E-state index contributed by atoms with van der Waals surface area (Å²) in [5.74, 6) is -1.07. The summed E-state index contributed by atoms with van der Waals surface area (Å²) in [5, 5.41) is 28.9. The van der Waals surface area contributed by atoms with Crippen LogP contribution in [0.15, 0.2) is 0 Å². The molecule has 2 rings (SSSR count). The minimum atomic E-state index is -1.07. The topological polar surface area (TPSA) is 79.2 Å². The fraction of sp³-hybridized carbons (Fsp3) is 1.00. The first kappa shape index (κ1) is 13.2. The van der Waals surface area contributed by atoms with Gasteiger partial charge in [-0.1, -0.05) is 0 Å². The minimum absolute atomic E-state index is 0.0130. The van der Waals surface area contributed by atoms with Crippen LogP contribution in [0.1, 0.15) is 39.0 Å². The molecule has 5 nitrogen and oxygen atoms in total. The fourth-order valence-corrected chi connectivity index (χ4v) is 2.81. The summed E-state index contributed by atoms with van der Waals surface area (Å²) in [5.41, 5.74) is 0. The van der Waals surface area contributed by atoms with E-state index in [4.69, 9.17) is 14.6 Å². The summed E-state index contributed by atoms with van der Waals surface area (Å²) in [6, 6.07) is 0. The Hall–Kier alpha value is -0.200. The number of ether oxygens (including phenoxy) is 2. The van der Waals surface area contributed by atoms with Gasteiger partial charge in [0, 0.05) is 19.4 Å². The van der Waals surface area contributed by atoms with Crippen LogP contribution in [0.4, 0.5) is 0 Å². The van der Waals surface area contributed by atoms with Gasteiger partial charge < -0.3 is 24.8 Å². The molecule has 0 unspecified atom stereocenters. The SMILES string of the molecule is C[C@@H]1CCC[C@]2(O[C@@H](CCO)C[C@@H](O)[C@@H]2O)O1. The normalized spacial score (nSPS) is 47.3. The van der Waals surface area contributed by atoms with E-state index >= 15 is 0 Å². The Morgan fingerprint density at radius 3 is 2.71 bits per heavy atom. The second kappa shape index (κ2) is 5.20. The van der Waals surface area contributed by atoms with E-state index in [0.717, 1.165) is 12.8 Å². The molecule has 3 N–H and O–H groups in total. The summed E-state index contributed by atoms with van der Waals surface area (Å²) in [7, 11) is 0. The zero-order chi connectivity index (χ0) is 12.5. The fourth-order valence-electron chi connectivity index (χ4n) is 2.81. The van der Waals surface area contributed by atoms with Crippen molar-refractivity contribution in [3.63, 3.8) is 0 Å². The number of rotatable bonds is 2. The third-order valence-corrected chi connectivity index (χ3v) is 3.67. The van der Waals surface area contributed by atoms with Crippen LogP contribution in [0, 0.1) is 0 Å². The van der Waals surface area contributed by atoms with Crippen molar-refractivity contribution in [3.05, 3.63) is 0 Å². The number of aliphatic hydroxyl groups is 3. The van der Waals surface area contributed by atoms with E-state index in [-0.39, 0.29) is 18.8 Å². The molecule has 0 aromatic rings. The number of aliphatic hydroxyl groups excluding tert-OH is 3. The third-order valence-electron chi connectivity index (χ3n) is 3.67. The van der Waals surface area contributed by atoms with Gasteiger partial charge in [0.2, 0.25) is 0 Å². The zero-order valence-electron chi connectivity index (χ0n) is 10.2. The first-order chi connectivity index (χ1) is 8.07. The predicted octanol–water partition coefficient (Wildman–Crippen LogP) is 0.165. The molecule has 5 atom stereocenters. The van der Waals surface area contributed by atoms with Crippen LogP contribution in [0.5, 0.6) is 0 Å². The lowest BCUT2D eigenvalue weighted by Gasteiger charge is -2.49. The largest absolute Gasteiger partial charge is 0.396 e. The van der Waals surface area contributed by atoms with Crippen molar-refractivity contribution in [1.82, 2.24) is 0 Å². The maximum Gasteiger partial charge on any atom is 0.197 e. The lowest BCUT2D eigenvalue weighted by atomic mass is 9.88. The van der Waals surface area contributed by atoms with Gasteiger partial charge >= 0.3 is 0 Å². The molecule has 1 spiro atoms. The third kappa shape index (κ3) is 2.63. The molecular formula is C12H22O5. The Morgan fingerprint density at radius 2 is 2.06 bits per heavy atom. The van der Waals surface area contributed by atoms with Crippen molar-refractivity contribution in [2.24, 2.45) is 0 Å². The van der Waals surface area contributed by atoms with E-state index in [1.807, 2.05) is 6.92 Å². The first-order valence-electron chi connectivity index (χ1n) is 6.40. The second-order valence-electron chi connectivity index (χ2n) is 5.13. The minimum Gasteiger partial charge on any atom is -0.396 e. The van der Waals surface area contributed by atoms with E-state index in [2.05, 4.69) is 0 Å². The molecule has 0 aromatic heterocycles. The van der Waals surface area contributed by atoms with Crippen LogP contribution in [0.3, 0.4) is 0 Å². The van der Waals surface area contributed by atoms with Gasteiger partial charge in [0.1, 0.15) is 6.10 Å². The highest BCUT2D eigenvalue weighted by Gasteiger charge is 2.51. The Labute approximate surface area is 101 Å². The molecule has 0 amide bonds. The van der Waals surface area contributed by atoms with Gasteiger partial charge in [-0.05, 0) is 26.2 Å². The lowest BCUT2D eigenvalue weighted by molar-refractivity contribution is -0.365. The van der Waals surface area contributed by atoms with Crippen LogP contribution >= 0.6 is 0 Å². The zero-order valence-corrected chi connectivity index (χ0v) is 10.2. The predicted molar refractivity (Wildman–Crippen MR) is 60.3 cm³/mol. The summed E-state index contributed by atoms with van der Waals surface area (Å²) in [4.78, 5) is 0. The molecule has 2 saturated heterocycles. The van der Waals surface area contributed by atoms with E-state index in [1.54, 1.807) is 0 Å². The highest BCUT2D eigenvalue weighted by atomic mass is 16.7. The average Bonchev–Trinajstić information content (AvgIpc) is 2.26. The molecule has 0 saturated carbocycles. The van der Waals surface area contributed by atoms with Gasteiger partial charge in [-0.15, -0.1) is 0 Å². The maximum atomic E-state index is 10.1. The van der Waals surface area contributed by atoms with E-state index in [9.17, 15) is 10.2 Å². The lowest BCUT2D eigenvalue weighted by Crippen LogP contribution is -2.61. The number of hydrogen-bond acceptors (Lipinski definition) is 5. The van der Waals surface area contributed by atoms with E-state index < -0.39 is 18.0 Å². The smallest absolute Gasteiger partial charge is 0.197 e. The van der Waals surface area contributed by atoms with Gasteiger partial charge in [-0.2, -0.15) is 0 Å². The number of hydrogen-bond donors (Lipinski definition) is 3. The first-order valence-corrected chi connectivity index (χ1v) is 6.40. The standard InChI is InChI=1S/C12H22O5/c1-8-3-2-5-12(16-8)11(15)10(14)7-9(17-12)4-6-13/h8-11,13-15H,2-7H2,1H3/t8-,9+,10-,11+,12-/m1/s1. The quantitative estimate of drug-likeness (QED) is 0.647. The molecule has 0 aromatic carbocycles. The summed E-state index contributed by atoms with van der Waals surface area (Å²) >= 11 is 0. The Kier molecular flexibility index (Phi) is 4.05. The molecule has 2 heterocycles. The van der Waals surface area contributed by atoms with Crippen LogP contribution in [0.2, 0.25) is 0 Å². The van der Waals surface area contributed by atoms with Gasteiger partial charge in [0.05, 0.1) is 18.3 Å². The Morgan fingerprint density at radius 1 is 1.29 bits per heavy atom. The van der Waals surface area contributed by atoms with Crippen LogP contribution in [-0.2, 0) is 9.47 Å². The highest BCUT2D eigenvalue weighted by molar-refractivity contribution is 4.94. The van der Waals surface area contributed by atoms with Gasteiger partial charge in [0.25, 0.3) is 0 Å². The molecule has 0 bridgehead atoms. The monoisotopic (exact) mass is 246 g/mol. The van der Waals surface area contributed by atoms with Crippen molar-refractivity contribution >= 4 is 0 Å². The van der Waals surface area contributed by atoms with Crippen molar-refractivity contribution in [2.45, 2.75) is 69.2 Å². The molecule has 0 aliphatic carbocycles.